The summed E-state index contributed by atoms with van der Waals surface area (Å²) >= 11 is 7.19. The number of halogens is 2. The summed E-state index contributed by atoms with van der Waals surface area (Å²) in [5.41, 5.74) is 2.64. The van der Waals surface area contributed by atoms with Gasteiger partial charge in [0.05, 0.1) is 5.69 Å². The summed E-state index contributed by atoms with van der Waals surface area (Å²) in [5, 5.41) is 0.916. The third-order valence-electron chi connectivity index (χ3n) is 3.67. The molecule has 0 aliphatic heterocycles. The molecule has 0 bridgehead atoms. The normalized spacial score (nSPS) is 17.1. The van der Waals surface area contributed by atoms with Gasteiger partial charge in [0.1, 0.15) is 0 Å². The van der Waals surface area contributed by atoms with Gasteiger partial charge in [0.2, 0.25) is 0 Å². The molecule has 1 fully saturated rings. The summed E-state index contributed by atoms with van der Waals surface area (Å²) in [5.74, 6) is 0. The molecule has 3 heteroatoms. The van der Waals surface area contributed by atoms with Crippen molar-refractivity contribution in [3.05, 3.63) is 28.2 Å². The molecule has 1 aromatic rings. The predicted octanol–water partition coefficient (Wildman–Crippen LogP) is 5.11. The van der Waals surface area contributed by atoms with Crippen LogP contribution in [0.25, 0.3) is 0 Å². The van der Waals surface area contributed by atoms with Gasteiger partial charge in [-0.2, -0.15) is 0 Å². The Morgan fingerprint density at radius 2 is 1.94 bits per heavy atom. The van der Waals surface area contributed by atoms with Gasteiger partial charge >= 0.3 is 0 Å². The Balaban J connectivity index is 2.15. The molecule has 1 nitrogen and oxygen atoms in total. The van der Waals surface area contributed by atoms with E-state index in [9.17, 15) is 0 Å². The SMILES string of the molecule is CN(c1ccc(CBr)cc1Br)C1CCCCC1. The molecule has 94 valence electrons. The fourth-order valence-electron chi connectivity index (χ4n) is 2.58. The van der Waals surface area contributed by atoms with Crippen molar-refractivity contribution < 1.29 is 0 Å². The second-order valence-corrected chi connectivity index (χ2v) is 6.24. The molecule has 0 heterocycles. The zero-order chi connectivity index (χ0) is 12.3. The number of anilines is 1. The Morgan fingerprint density at radius 3 is 2.53 bits per heavy atom. The van der Waals surface area contributed by atoms with E-state index in [1.165, 1.54) is 47.8 Å². The molecule has 0 spiro atoms. The molecule has 1 saturated carbocycles. The van der Waals surface area contributed by atoms with E-state index in [0.717, 1.165) is 11.4 Å². The highest BCUT2D eigenvalue weighted by molar-refractivity contribution is 9.10. The van der Waals surface area contributed by atoms with Crippen LogP contribution in [-0.4, -0.2) is 13.1 Å². The first kappa shape index (κ1) is 13.4. The lowest BCUT2D eigenvalue weighted by molar-refractivity contribution is 0.427. The first-order valence-electron chi connectivity index (χ1n) is 6.29. The van der Waals surface area contributed by atoms with Gasteiger partial charge in [0.15, 0.2) is 0 Å². The Hall–Kier alpha value is -0.0200. The van der Waals surface area contributed by atoms with Crippen LogP contribution in [0, 0.1) is 0 Å². The summed E-state index contributed by atoms with van der Waals surface area (Å²) in [6.07, 6.45) is 6.85. The second kappa shape index (κ2) is 6.24. The highest BCUT2D eigenvalue weighted by Gasteiger charge is 2.19. The van der Waals surface area contributed by atoms with Crippen LogP contribution in [-0.2, 0) is 5.33 Å². The molecule has 1 aromatic carbocycles. The molecule has 2 rings (SSSR count). The second-order valence-electron chi connectivity index (χ2n) is 4.82. The van der Waals surface area contributed by atoms with E-state index < -0.39 is 0 Å². The van der Waals surface area contributed by atoms with Crippen molar-refractivity contribution in [1.82, 2.24) is 0 Å². The predicted molar refractivity (Wildman–Crippen MR) is 82.0 cm³/mol. The zero-order valence-electron chi connectivity index (χ0n) is 10.3. The first-order chi connectivity index (χ1) is 8.22. The molecule has 0 unspecified atom stereocenters. The van der Waals surface area contributed by atoms with Crippen molar-refractivity contribution >= 4 is 37.5 Å². The standard InChI is InChI=1S/C14H19Br2N/c1-17(12-5-3-2-4-6-12)14-8-7-11(10-15)9-13(14)16/h7-9,12H,2-6,10H2,1H3. The Labute approximate surface area is 121 Å². The van der Waals surface area contributed by atoms with Crippen LogP contribution in [0.2, 0.25) is 0 Å². The number of rotatable bonds is 3. The highest BCUT2D eigenvalue weighted by Crippen LogP contribution is 2.32. The third kappa shape index (κ3) is 3.25. The van der Waals surface area contributed by atoms with E-state index in [4.69, 9.17) is 0 Å². The molecule has 1 aliphatic rings. The van der Waals surface area contributed by atoms with Crippen LogP contribution < -0.4 is 4.90 Å². The van der Waals surface area contributed by atoms with E-state index in [2.05, 4.69) is 62.0 Å². The molecule has 0 saturated heterocycles. The highest BCUT2D eigenvalue weighted by atomic mass is 79.9. The van der Waals surface area contributed by atoms with Gasteiger partial charge in [0, 0.05) is 22.9 Å². The minimum Gasteiger partial charge on any atom is -0.371 e. The Bertz CT molecular complexity index is 372. The maximum atomic E-state index is 3.69. The van der Waals surface area contributed by atoms with E-state index in [-0.39, 0.29) is 0 Å². The van der Waals surface area contributed by atoms with Gasteiger partial charge in [-0.25, -0.2) is 0 Å². The lowest BCUT2D eigenvalue weighted by Crippen LogP contribution is -2.33. The number of nitrogens with zero attached hydrogens (tertiary/aromatic N) is 1. The van der Waals surface area contributed by atoms with E-state index in [1.807, 2.05) is 0 Å². The monoisotopic (exact) mass is 359 g/mol. The van der Waals surface area contributed by atoms with E-state index >= 15 is 0 Å². The molecule has 1 aliphatic carbocycles. The summed E-state index contributed by atoms with van der Waals surface area (Å²) in [7, 11) is 2.23. The lowest BCUT2D eigenvalue weighted by atomic mass is 9.94. The Kier molecular flexibility index (Phi) is 4.92. The molecular formula is C14H19Br2N. The quantitative estimate of drug-likeness (QED) is 0.676. The lowest BCUT2D eigenvalue weighted by Gasteiger charge is -2.33. The van der Waals surface area contributed by atoms with Crippen molar-refractivity contribution in [1.29, 1.82) is 0 Å². The van der Waals surface area contributed by atoms with E-state index in [0.29, 0.717) is 0 Å². The number of alkyl halides is 1. The summed E-state index contributed by atoms with van der Waals surface area (Å²) in [6, 6.07) is 7.36. The number of hydrogen-bond donors (Lipinski definition) is 0. The first-order valence-corrected chi connectivity index (χ1v) is 8.21. The van der Waals surface area contributed by atoms with Crippen LogP contribution in [0.4, 0.5) is 5.69 Å². The summed E-state index contributed by atoms with van der Waals surface area (Å²) in [6.45, 7) is 0. The maximum Gasteiger partial charge on any atom is 0.0510 e. The van der Waals surface area contributed by atoms with Gasteiger partial charge < -0.3 is 4.90 Å². The van der Waals surface area contributed by atoms with Crippen molar-refractivity contribution in [3.8, 4) is 0 Å². The van der Waals surface area contributed by atoms with Crippen LogP contribution in [0.5, 0.6) is 0 Å². The average molecular weight is 361 g/mol. The van der Waals surface area contributed by atoms with Crippen molar-refractivity contribution in [2.24, 2.45) is 0 Å². The van der Waals surface area contributed by atoms with Gasteiger partial charge in [-0.1, -0.05) is 41.3 Å². The minimum absolute atomic E-state index is 0.717. The summed E-state index contributed by atoms with van der Waals surface area (Å²) in [4.78, 5) is 2.45. The third-order valence-corrected chi connectivity index (χ3v) is 4.95. The molecule has 0 radical (unpaired) electrons. The van der Waals surface area contributed by atoms with Gasteiger partial charge in [-0.05, 0) is 46.5 Å². The molecule has 17 heavy (non-hydrogen) atoms. The fraction of sp³-hybridized carbons (Fsp3) is 0.571. The van der Waals surface area contributed by atoms with Crippen molar-refractivity contribution in [3.63, 3.8) is 0 Å². The van der Waals surface area contributed by atoms with Crippen molar-refractivity contribution in [2.75, 3.05) is 11.9 Å². The number of benzene rings is 1. The molecule has 0 N–H and O–H groups in total. The van der Waals surface area contributed by atoms with Crippen LogP contribution in [0.1, 0.15) is 37.7 Å². The molecule has 0 aromatic heterocycles. The van der Waals surface area contributed by atoms with Crippen LogP contribution in [0.3, 0.4) is 0 Å². The van der Waals surface area contributed by atoms with Gasteiger partial charge in [-0.3, -0.25) is 0 Å². The summed E-state index contributed by atoms with van der Waals surface area (Å²) < 4.78 is 1.21. The van der Waals surface area contributed by atoms with Crippen LogP contribution in [0.15, 0.2) is 22.7 Å². The van der Waals surface area contributed by atoms with Crippen LogP contribution >= 0.6 is 31.9 Å². The zero-order valence-corrected chi connectivity index (χ0v) is 13.4. The van der Waals surface area contributed by atoms with Crippen molar-refractivity contribution in [2.45, 2.75) is 43.5 Å². The fourth-order valence-corrected chi connectivity index (χ4v) is 3.64. The van der Waals surface area contributed by atoms with E-state index in [1.54, 1.807) is 0 Å². The molecule has 0 amide bonds. The molecule has 0 atom stereocenters. The maximum absolute atomic E-state index is 3.69. The minimum atomic E-state index is 0.717. The molecular weight excluding hydrogens is 342 g/mol. The topological polar surface area (TPSA) is 3.24 Å². The largest absolute Gasteiger partial charge is 0.371 e. The Morgan fingerprint density at radius 1 is 1.24 bits per heavy atom. The smallest absolute Gasteiger partial charge is 0.0510 e. The average Bonchev–Trinajstić information content (AvgIpc) is 2.39. The number of hydrogen-bond acceptors (Lipinski definition) is 1. The van der Waals surface area contributed by atoms with Gasteiger partial charge in [0.25, 0.3) is 0 Å². The van der Waals surface area contributed by atoms with Gasteiger partial charge in [-0.15, -0.1) is 0 Å².